The molecule has 1 aliphatic rings. The Morgan fingerprint density at radius 2 is 1.82 bits per heavy atom. The van der Waals surface area contributed by atoms with Gasteiger partial charge in [-0.2, -0.15) is 0 Å². The molecule has 0 radical (unpaired) electrons. The molecule has 1 atom stereocenters. The largest absolute Gasteiger partial charge is 0.465 e. The summed E-state index contributed by atoms with van der Waals surface area (Å²) in [7, 11) is -3.85. The summed E-state index contributed by atoms with van der Waals surface area (Å²) < 4.78 is 23.7. The number of carbonyl (C=O) groups excluding carboxylic acids is 2. The van der Waals surface area contributed by atoms with E-state index in [1.165, 1.54) is 21.9 Å². The predicted molar refractivity (Wildman–Crippen MR) is 121 cm³/mol. The van der Waals surface area contributed by atoms with Crippen LogP contribution in [0.5, 0.6) is 0 Å². The molecule has 12 heteroatoms. The number of hydrogen-bond acceptors (Lipinski definition) is 6. The van der Waals surface area contributed by atoms with Gasteiger partial charge >= 0.3 is 12.1 Å². The lowest BCUT2D eigenvalue weighted by Crippen LogP contribution is -2.50. The summed E-state index contributed by atoms with van der Waals surface area (Å²) in [5.41, 5.74) is 4.21. The first-order valence-electron chi connectivity index (χ1n) is 10.2. The number of carboxylic acid groups (broad SMARTS) is 1. The minimum absolute atomic E-state index is 0.00159. The van der Waals surface area contributed by atoms with Crippen LogP contribution < -0.4 is 10.8 Å². The Bertz CT molecular complexity index is 1290. The van der Waals surface area contributed by atoms with Gasteiger partial charge in [0.1, 0.15) is 0 Å². The molecule has 180 valence electrons. The molecule has 2 heterocycles. The lowest BCUT2D eigenvalue weighted by atomic mass is 10.1. The van der Waals surface area contributed by atoms with Gasteiger partial charge in [-0.05, 0) is 37.1 Å². The van der Waals surface area contributed by atoms with E-state index >= 15 is 0 Å². The normalized spacial score (nSPS) is 14.6. The van der Waals surface area contributed by atoms with Crippen molar-refractivity contribution in [2.45, 2.75) is 31.2 Å². The van der Waals surface area contributed by atoms with Crippen molar-refractivity contribution in [1.82, 2.24) is 20.3 Å². The molecule has 0 fully saturated rings. The van der Waals surface area contributed by atoms with Crippen LogP contribution in [0.25, 0.3) is 0 Å². The summed E-state index contributed by atoms with van der Waals surface area (Å²) in [5.74, 6) is 4.92. The van der Waals surface area contributed by atoms with E-state index in [0.717, 1.165) is 17.4 Å². The molecular formula is C22H24N4O7S. The van der Waals surface area contributed by atoms with E-state index in [-0.39, 0.29) is 32.1 Å². The summed E-state index contributed by atoms with van der Waals surface area (Å²) in [6, 6.07) is 8.46. The quantitative estimate of drug-likeness (QED) is 0.258. The number of nitrogens with one attached hydrogen (secondary N) is 2. The van der Waals surface area contributed by atoms with E-state index in [1.807, 2.05) is 0 Å². The first-order valence-corrected chi connectivity index (χ1v) is 12.1. The second-order valence-corrected chi connectivity index (χ2v) is 10.5. The molecule has 4 N–H and O–H groups in total. The van der Waals surface area contributed by atoms with Crippen LogP contribution >= 0.6 is 0 Å². The molecule has 0 bridgehead atoms. The molecule has 1 aliphatic heterocycles. The Morgan fingerprint density at radius 1 is 1.18 bits per heavy atom. The highest BCUT2D eigenvalue weighted by Gasteiger charge is 2.44. The third-order valence-electron chi connectivity index (χ3n) is 5.74. The number of sulfone groups is 1. The zero-order valence-corrected chi connectivity index (χ0v) is 19.3. The van der Waals surface area contributed by atoms with Gasteiger partial charge in [0.2, 0.25) is 0 Å². The van der Waals surface area contributed by atoms with E-state index in [4.69, 9.17) is 10.3 Å². The average molecular weight is 489 g/mol. The maximum Gasteiger partial charge on any atom is 0.404 e. The highest BCUT2D eigenvalue weighted by molar-refractivity contribution is 7.92. The summed E-state index contributed by atoms with van der Waals surface area (Å²) in [5, 5.41) is 19.8. The van der Waals surface area contributed by atoms with Crippen molar-refractivity contribution in [3.63, 3.8) is 0 Å². The monoisotopic (exact) mass is 488 g/mol. The topological polar surface area (TPSA) is 158 Å². The molecule has 11 nitrogen and oxygen atoms in total. The Morgan fingerprint density at radius 3 is 2.38 bits per heavy atom. The van der Waals surface area contributed by atoms with E-state index in [1.54, 1.807) is 36.5 Å². The van der Waals surface area contributed by atoms with Gasteiger partial charge in [0.05, 0.1) is 6.54 Å². The van der Waals surface area contributed by atoms with Gasteiger partial charge in [-0.25, -0.2) is 23.5 Å². The summed E-state index contributed by atoms with van der Waals surface area (Å²) in [6.07, 6.45) is 1.22. The lowest BCUT2D eigenvalue weighted by Gasteiger charge is -2.27. The zero-order chi connectivity index (χ0) is 25.1. The van der Waals surface area contributed by atoms with E-state index in [9.17, 15) is 22.8 Å². The first-order chi connectivity index (χ1) is 15.9. The molecular weight excluding hydrogens is 464 g/mol. The second kappa shape index (κ2) is 9.58. The highest BCUT2D eigenvalue weighted by atomic mass is 32.2. The van der Waals surface area contributed by atoms with Crippen LogP contribution in [-0.2, 0) is 27.7 Å². The molecule has 0 unspecified atom stereocenters. The smallest absolute Gasteiger partial charge is 0.404 e. The van der Waals surface area contributed by atoms with Crippen molar-refractivity contribution in [3.05, 3.63) is 58.9 Å². The molecule has 3 rings (SSSR count). The summed E-state index contributed by atoms with van der Waals surface area (Å²) in [6.45, 7) is 1.63. The van der Waals surface area contributed by atoms with Crippen LogP contribution in [0.15, 0.2) is 36.5 Å². The van der Waals surface area contributed by atoms with Crippen molar-refractivity contribution < 1.29 is 33.1 Å². The van der Waals surface area contributed by atoms with Crippen molar-refractivity contribution >= 4 is 27.9 Å². The molecule has 1 aromatic heterocycles. The molecule has 0 spiro atoms. The zero-order valence-electron chi connectivity index (χ0n) is 18.5. The fourth-order valence-corrected chi connectivity index (χ4v) is 4.27. The van der Waals surface area contributed by atoms with Crippen LogP contribution in [-0.4, -0.2) is 63.8 Å². The third kappa shape index (κ3) is 5.22. The Balaban J connectivity index is 1.65. The molecule has 1 aromatic carbocycles. The number of carbonyl (C=O) groups is 3. The van der Waals surface area contributed by atoms with Gasteiger partial charge in [0.25, 0.3) is 5.91 Å². The van der Waals surface area contributed by atoms with Crippen LogP contribution in [0, 0.1) is 11.8 Å². The van der Waals surface area contributed by atoms with Crippen LogP contribution in [0.2, 0.25) is 0 Å². The van der Waals surface area contributed by atoms with Gasteiger partial charge in [0, 0.05) is 42.4 Å². The number of rotatable bonds is 7. The minimum atomic E-state index is -3.85. The number of aromatic nitrogens is 1. The molecule has 0 saturated heterocycles. The second-order valence-electron chi connectivity index (χ2n) is 8.09. The Kier molecular flexibility index (Phi) is 6.99. The Labute approximate surface area is 196 Å². The number of nitrogens with zero attached hydrogens (tertiary/aromatic N) is 2. The lowest BCUT2D eigenvalue weighted by molar-refractivity contribution is -0.131. The molecule has 0 saturated carbocycles. The Hall–Kier alpha value is -3.82. The van der Waals surface area contributed by atoms with Gasteiger partial charge in [-0.3, -0.25) is 14.6 Å². The molecule has 34 heavy (non-hydrogen) atoms. The fourth-order valence-electron chi connectivity index (χ4n) is 3.43. The van der Waals surface area contributed by atoms with E-state index in [2.05, 4.69) is 17.2 Å². The number of hydroxylamine groups is 1. The number of benzene rings is 1. The predicted octanol–water partition coefficient (Wildman–Crippen LogP) is 1.14. The van der Waals surface area contributed by atoms with E-state index < -0.39 is 26.6 Å². The average Bonchev–Trinajstić information content (AvgIpc) is 3.32. The van der Waals surface area contributed by atoms with Gasteiger partial charge < -0.3 is 15.3 Å². The van der Waals surface area contributed by atoms with Gasteiger partial charge in [-0.1, -0.05) is 24.0 Å². The van der Waals surface area contributed by atoms with E-state index in [0.29, 0.717) is 11.3 Å². The standard InChI is InChI=1S/C22H24N4O7S/c1-22(19(27)24-31,34(2,32)33)9-10-25-14-18-11-17(13-26(18)21(25)30)8-5-15-3-6-16(7-4-15)12-23-20(28)29/h3-4,6-7,11,13,23,31H,9-10,12,14H2,1-2H3,(H,24,27)(H,28,29)/t22-/m1/s1. The SMILES string of the molecule is C[C@@](CCN1Cc2cc(C#Cc3ccc(CNC(=O)O)cc3)cn2C1=O)(C(=O)NO)S(C)(=O)=O. The third-order valence-corrected chi connectivity index (χ3v) is 7.76. The van der Waals surface area contributed by atoms with Crippen LogP contribution in [0.3, 0.4) is 0 Å². The van der Waals surface area contributed by atoms with Crippen LogP contribution in [0.4, 0.5) is 9.59 Å². The summed E-state index contributed by atoms with van der Waals surface area (Å²) >= 11 is 0. The van der Waals surface area contributed by atoms with Crippen molar-refractivity contribution in [1.29, 1.82) is 0 Å². The van der Waals surface area contributed by atoms with Crippen molar-refractivity contribution in [3.8, 4) is 11.8 Å². The summed E-state index contributed by atoms with van der Waals surface area (Å²) in [4.78, 5) is 36.7. The van der Waals surface area contributed by atoms with Gasteiger partial charge in [0.15, 0.2) is 14.6 Å². The minimum Gasteiger partial charge on any atom is -0.465 e. The first kappa shape index (κ1) is 24.8. The highest BCUT2D eigenvalue weighted by Crippen LogP contribution is 2.25. The van der Waals surface area contributed by atoms with Crippen molar-refractivity contribution in [2.24, 2.45) is 0 Å². The number of fused-ring (bicyclic) bond motifs is 1. The number of amides is 3. The maximum atomic E-state index is 12.7. The molecule has 2 aromatic rings. The number of hydrogen-bond donors (Lipinski definition) is 4. The molecule has 3 amide bonds. The van der Waals surface area contributed by atoms with Crippen molar-refractivity contribution in [2.75, 3.05) is 12.8 Å². The fraction of sp³-hybridized carbons (Fsp3) is 0.318. The van der Waals surface area contributed by atoms with Gasteiger partial charge in [-0.15, -0.1) is 0 Å². The molecule has 0 aliphatic carbocycles. The maximum absolute atomic E-state index is 12.7. The van der Waals surface area contributed by atoms with Crippen LogP contribution in [0.1, 0.15) is 35.7 Å².